The van der Waals surface area contributed by atoms with Gasteiger partial charge in [-0.15, -0.1) is 0 Å². The number of nitrogens with zero attached hydrogens (tertiary/aromatic N) is 1. The minimum Gasteiger partial charge on any atom is -0.464 e. The fraction of sp³-hybridized carbons (Fsp3) is 0.964. The van der Waals surface area contributed by atoms with Gasteiger partial charge in [0.05, 0.1) is 25.4 Å². The summed E-state index contributed by atoms with van der Waals surface area (Å²) in [6.07, 6.45) is 9.58. The molecule has 0 aromatic heterocycles. The minimum absolute atomic E-state index is 0.0768. The molecule has 1 aliphatic heterocycles. The van der Waals surface area contributed by atoms with E-state index in [2.05, 4.69) is 18.7 Å². The van der Waals surface area contributed by atoms with Crippen LogP contribution < -0.4 is 0 Å². The van der Waals surface area contributed by atoms with Crippen LogP contribution in [0.5, 0.6) is 0 Å². The van der Waals surface area contributed by atoms with E-state index in [4.69, 9.17) is 9.47 Å². The van der Waals surface area contributed by atoms with Crippen molar-refractivity contribution in [1.29, 1.82) is 0 Å². The van der Waals surface area contributed by atoms with Gasteiger partial charge in [0, 0.05) is 26.1 Å². The van der Waals surface area contributed by atoms with Crippen molar-refractivity contribution in [2.24, 2.45) is 40.4 Å². The van der Waals surface area contributed by atoms with Gasteiger partial charge in [0.1, 0.15) is 6.61 Å². The van der Waals surface area contributed by atoms with Gasteiger partial charge in [-0.25, -0.2) is 0 Å². The Morgan fingerprint density at radius 3 is 2.62 bits per heavy atom. The maximum Gasteiger partial charge on any atom is 0.305 e. The number of hydrogen-bond donors (Lipinski definition) is 2. The summed E-state index contributed by atoms with van der Waals surface area (Å²) in [6, 6.07) is 0. The molecule has 0 spiro atoms. The van der Waals surface area contributed by atoms with Crippen molar-refractivity contribution in [2.75, 3.05) is 39.5 Å². The van der Waals surface area contributed by atoms with Crippen LogP contribution in [-0.2, 0) is 14.3 Å². The predicted molar refractivity (Wildman–Crippen MR) is 130 cm³/mol. The fourth-order valence-electron chi connectivity index (χ4n) is 9.27. The summed E-state index contributed by atoms with van der Waals surface area (Å²) in [6.45, 7) is 9.41. The van der Waals surface area contributed by atoms with Crippen LogP contribution in [-0.4, -0.2) is 72.7 Å². The Balaban J connectivity index is 1.17. The largest absolute Gasteiger partial charge is 0.464 e. The highest BCUT2D eigenvalue weighted by Gasteiger charge is 2.63. The van der Waals surface area contributed by atoms with E-state index >= 15 is 0 Å². The third-order valence-corrected chi connectivity index (χ3v) is 11.4. The summed E-state index contributed by atoms with van der Waals surface area (Å²) in [7, 11) is 0. The van der Waals surface area contributed by atoms with Crippen LogP contribution in [0.2, 0.25) is 0 Å². The van der Waals surface area contributed by atoms with Gasteiger partial charge in [0.25, 0.3) is 0 Å². The predicted octanol–water partition coefficient (Wildman–Crippen LogP) is 3.63. The highest BCUT2D eigenvalue weighted by atomic mass is 16.5. The molecule has 4 aliphatic carbocycles. The first-order chi connectivity index (χ1) is 16.3. The Labute approximate surface area is 205 Å². The minimum atomic E-state index is -0.286. The molecule has 6 heteroatoms. The standard InChI is InChI=1S/C28H47NO5/c1-27-10-9-21(30)17-20(27)3-6-22-23-7-4-19(28(23,2)25(31)18-24(22)27)5-8-26(32)34-16-13-29-11-14-33-15-12-29/h19-25,30-31H,3-18H2,1-2H3/t19?,20-,21-,22+,23+,24+,25+,27+,28-/m1/s1. The maximum absolute atomic E-state index is 12.5. The highest BCUT2D eigenvalue weighted by molar-refractivity contribution is 5.69. The van der Waals surface area contributed by atoms with Crippen LogP contribution >= 0.6 is 0 Å². The van der Waals surface area contributed by atoms with E-state index in [0.29, 0.717) is 42.6 Å². The van der Waals surface area contributed by atoms with Gasteiger partial charge < -0.3 is 19.7 Å². The van der Waals surface area contributed by atoms with E-state index in [9.17, 15) is 15.0 Å². The molecule has 1 saturated heterocycles. The van der Waals surface area contributed by atoms with Gasteiger partial charge in [-0.3, -0.25) is 9.69 Å². The zero-order valence-electron chi connectivity index (χ0n) is 21.4. The Morgan fingerprint density at radius 2 is 1.82 bits per heavy atom. The summed E-state index contributed by atoms with van der Waals surface area (Å²) in [5.74, 6) is 2.76. The number of ether oxygens (including phenoxy) is 2. The van der Waals surface area contributed by atoms with Crippen molar-refractivity contribution in [3.8, 4) is 0 Å². The lowest BCUT2D eigenvalue weighted by atomic mass is 9.44. The molecule has 194 valence electrons. The molecule has 5 rings (SSSR count). The number of fused-ring (bicyclic) bond motifs is 5. The smallest absolute Gasteiger partial charge is 0.305 e. The number of rotatable bonds is 6. The molecule has 5 fully saturated rings. The van der Waals surface area contributed by atoms with Gasteiger partial charge in [-0.1, -0.05) is 13.8 Å². The monoisotopic (exact) mass is 477 g/mol. The fourth-order valence-corrected chi connectivity index (χ4v) is 9.27. The molecule has 4 saturated carbocycles. The molecular formula is C28H47NO5. The average Bonchev–Trinajstić information content (AvgIpc) is 3.17. The van der Waals surface area contributed by atoms with E-state index in [1.807, 2.05) is 0 Å². The molecule has 2 N–H and O–H groups in total. The zero-order chi connectivity index (χ0) is 23.9. The van der Waals surface area contributed by atoms with Crippen molar-refractivity contribution >= 4 is 5.97 Å². The topological polar surface area (TPSA) is 79.2 Å². The van der Waals surface area contributed by atoms with Crippen LogP contribution in [0.1, 0.15) is 78.1 Å². The lowest BCUT2D eigenvalue weighted by Crippen LogP contribution is -2.58. The van der Waals surface area contributed by atoms with Crippen molar-refractivity contribution < 1.29 is 24.5 Å². The van der Waals surface area contributed by atoms with Crippen molar-refractivity contribution in [3.05, 3.63) is 0 Å². The van der Waals surface area contributed by atoms with Gasteiger partial charge in [0.2, 0.25) is 0 Å². The lowest BCUT2D eigenvalue weighted by Gasteiger charge is -2.62. The number of aliphatic hydroxyl groups is 2. The second-order valence-electron chi connectivity index (χ2n) is 12.7. The first-order valence-corrected chi connectivity index (χ1v) is 14.1. The molecule has 1 unspecified atom stereocenters. The Hall–Kier alpha value is -0.690. The number of morpholine rings is 1. The van der Waals surface area contributed by atoms with Crippen LogP contribution in [0.3, 0.4) is 0 Å². The maximum atomic E-state index is 12.5. The van der Waals surface area contributed by atoms with Crippen LogP contribution in [0.4, 0.5) is 0 Å². The van der Waals surface area contributed by atoms with Gasteiger partial charge in [-0.05, 0) is 98.2 Å². The van der Waals surface area contributed by atoms with Gasteiger partial charge >= 0.3 is 5.97 Å². The van der Waals surface area contributed by atoms with E-state index in [0.717, 1.165) is 71.4 Å². The number of carbonyl (C=O) groups excluding carboxylic acids is 1. The first kappa shape index (κ1) is 25.0. The van der Waals surface area contributed by atoms with Crippen molar-refractivity contribution in [3.63, 3.8) is 0 Å². The summed E-state index contributed by atoms with van der Waals surface area (Å²) in [5, 5.41) is 21.8. The molecular weight excluding hydrogens is 430 g/mol. The zero-order valence-corrected chi connectivity index (χ0v) is 21.4. The van der Waals surface area contributed by atoms with Crippen LogP contribution in [0.25, 0.3) is 0 Å². The van der Waals surface area contributed by atoms with Crippen LogP contribution in [0, 0.1) is 40.4 Å². The summed E-state index contributed by atoms with van der Waals surface area (Å²) >= 11 is 0. The third-order valence-electron chi connectivity index (χ3n) is 11.4. The third kappa shape index (κ3) is 4.46. The molecule has 0 aromatic rings. The lowest BCUT2D eigenvalue weighted by molar-refractivity contribution is -0.172. The average molecular weight is 478 g/mol. The van der Waals surface area contributed by atoms with Crippen molar-refractivity contribution in [2.45, 2.75) is 90.3 Å². The first-order valence-electron chi connectivity index (χ1n) is 14.1. The van der Waals surface area contributed by atoms with Crippen LogP contribution in [0.15, 0.2) is 0 Å². The Bertz CT molecular complexity index is 726. The number of carbonyl (C=O) groups is 1. The molecule has 34 heavy (non-hydrogen) atoms. The molecule has 6 nitrogen and oxygen atoms in total. The Kier molecular flexibility index (Phi) is 7.34. The van der Waals surface area contributed by atoms with Gasteiger partial charge in [0.15, 0.2) is 0 Å². The Morgan fingerprint density at radius 1 is 1.03 bits per heavy atom. The quantitative estimate of drug-likeness (QED) is 0.569. The molecule has 0 radical (unpaired) electrons. The molecule has 0 amide bonds. The van der Waals surface area contributed by atoms with Gasteiger partial charge in [-0.2, -0.15) is 0 Å². The molecule has 0 bridgehead atoms. The summed E-state index contributed by atoms with van der Waals surface area (Å²) in [4.78, 5) is 14.8. The summed E-state index contributed by atoms with van der Waals surface area (Å²) < 4.78 is 10.9. The second kappa shape index (κ2) is 9.99. The molecule has 9 atom stereocenters. The molecule has 1 heterocycles. The molecule has 0 aromatic carbocycles. The normalized spacial score (nSPS) is 46.9. The highest BCUT2D eigenvalue weighted by Crippen LogP contribution is 2.67. The van der Waals surface area contributed by atoms with E-state index < -0.39 is 0 Å². The number of hydrogen-bond acceptors (Lipinski definition) is 6. The number of esters is 1. The number of aliphatic hydroxyl groups excluding tert-OH is 2. The molecule has 5 aliphatic rings. The SMILES string of the molecule is C[C@]12CC[C@@H](O)C[C@H]1CC[C@@H]1[C@@H]2C[C@H](O)[C@]2(C)C(CCC(=O)OCCN3CCOCC3)CC[C@@H]12. The second-order valence-corrected chi connectivity index (χ2v) is 12.7. The summed E-state index contributed by atoms with van der Waals surface area (Å²) in [5.41, 5.74) is 0.194. The van der Waals surface area contributed by atoms with E-state index in [-0.39, 0.29) is 29.0 Å². The van der Waals surface area contributed by atoms with E-state index in [1.165, 1.54) is 19.3 Å². The van der Waals surface area contributed by atoms with Crippen molar-refractivity contribution in [1.82, 2.24) is 4.90 Å². The van der Waals surface area contributed by atoms with E-state index in [1.54, 1.807) is 0 Å².